The Balaban J connectivity index is 1.99. The van der Waals surface area contributed by atoms with Gasteiger partial charge in [0.05, 0.1) is 0 Å². The predicted molar refractivity (Wildman–Crippen MR) is 63.8 cm³/mol. The molecule has 1 nitrogen and oxygen atoms in total. The highest BCUT2D eigenvalue weighted by atomic mass is 79.9. The number of thioether (sulfide) groups is 1. The molecular weight excluding hydrogens is 248 g/mol. The lowest BCUT2D eigenvalue weighted by Crippen LogP contribution is -2.15. The first-order valence-electron chi connectivity index (χ1n) is 4.99. The van der Waals surface area contributed by atoms with Crippen LogP contribution in [0.3, 0.4) is 0 Å². The maximum Gasteiger partial charge on any atom is 0.0488 e. The van der Waals surface area contributed by atoms with E-state index in [1.54, 1.807) is 0 Å². The minimum atomic E-state index is 0.665. The zero-order chi connectivity index (χ0) is 9.68. The minimum Gasteiger partial charge on any atom is -0.381 e. The third kappa shape index (κ3) is 4.71. The van der Waals surface area contributed by atoms with Crippen LogP contribution in [0.15, 0.2) is 0 Å². The number of halogens is 1. The van der Waals surface area contributed by atoms with Crippen molar-refractivity contribution in [1.29, 1.82) is 0 Å². The highest BCUT2D eigenvalue weighted by Gasteiger charge is 2.24. The largest absolute Gasteiger partial charge is 0.381 e. The molecule has 13 heavy (non-hydrogen) atoms. The molecule has 0 aromatic heterocycles. The molecule has 0 aliphatic carbocycles. The Labute approximate surface area is 94.1 Å². The Morgan fingerprint density at radius 1 is 1.46 bits per heavy atom. The van der Waals surface area contributed by atoms with Crippen LogP contribution in [-0.2, 0) is 4.74 Å². The number of hydrogen-bond donors (Lipinski definition) is 0. The molecular formula is C10H19BrOS. The SMILES string of the molecule is CC(C)COCCC1CSCC1Br. The summed E-state index contributed by atoms with van der Waals surface area (Å²) in [7, 11) is 0. The second-order valence-electron chi connectivity index (χ2n) is 4.07. The fourth-order valence-corrected chi connectivity index (χ4v) is 3.98. The van der Waals surface area contributed by atoms with Crippen LogP contribution in [0, 0.1) is 11.8 Å². The fourth-order valence-electron chi connectivity index (χ4n) is 1.39. The Morgan fingerprint density at radius 2 is 2.23 bits per heavy atom. The summed E-state index contributed by atoms with van der Waals surface area (Å²) < 4.78 is 5.58. The van der Waals surface area contributed by atoms with Crippen molar-refractivity contribution in [3.8, 4) is 0 Å². The van der Waals surface area contributed by atoms with Gasteiger partial charge in [0.1, 0.15) is 0 Å². The van der Waals surface area contributed by atoms with Crippen molar-refractivity contribution in [3.05, 3.63) is 0 Å². The topological polar surface area (TPSA) is 9.23 Å². The molecule has 0 N–H and O–H groups in total. The Kier molecular flexibility index (Phi) is 5.75. The van der Waals surface area contributed by atoms with Crippen LogP contribution in [0.4, 0.5) is 0 Å². The van der Waals surface area contributed by atoms with Gasteiger partial charge in [-0.1, -0.05) is 29.8 Å². The molecule has 0 spiro atoms. The van der Waals surface area contributed by atoms with Gasteiger partial charge in [0.25, 0.3) is 0 Å². The van der Waals surface area contributed by atoms with Gasteiger partial charge in [0, 0.05) is 23.8 Å². The van der Waals surface area contributed by atoms with Gasteiger partial charge in [-0.05, 0) is 24.0 Å². The van der Waals surface area contributed by atoms with Gasteiger partial charge in [0.15, 0.2) is 0 Å². The van der Waals surface area contributed by atoms with E-state index in [0.29, 0.717) is 5.92 Å². The second kappa shape index (κ2) is 6.31. The van der Waals surface area contributed by atoms with Crippen LogP contribution in [0.1, 0.15) is 20.3 Å². The average molecular weight is 267 g/mol. The molecule has 1 heterocycles. The quantitative estimate of drug-likeness (QED) is 0.559. The summed E-state index contributed by atoms with van der Waals surface area (Å²) in [6.45, 7) is 6.23. The molecule has 1 aliphatic heterocycles. The van der Waals surface area contributed by atoms with Crippen LogP contribution in [0.2, 0.25) is 0 Å². The van der Waals surface area contributed by atoms with Crippen molar-refractivity contribution in [2.75, 3.05) is 24.7 Å². The van der Waals surface area contributed by atoms with Crippen LogP contribution >= 0.6 is 27.7 Å². The molecule has 2 atom stereocenters. The van der Waals surface area contributed by atoms with Crippen LogP contribution < -0.4 is 0 Å². The fraction of sp³-hybridized carbons (Fsp3) is 1.00. The summed E-state index contributed by atoms with van der Waals surface area (Å²) in [5.74, 6) is 4.07. The van der Waals surface area contributed by atoms with E-state index in [4.69, 9.17) is 4.74 Å². The van der Waals surface area contributed by atoms with E-state index in [9.17, 15) is 0 Å². The first kappa shape index (κ1) is 11.9. The van der Waals surface area contributed by atoms with Crippen LogP contribution in [-0.4, -0.2) is 29.5 Å². The number of ether oxygens (including phenoxy) is 1. The molecule has 0 bridgehead atoms. The summed E-state index contributed by atoms with van der Waals surface area (Å²) in [5, 5.41) is 0. The first-order valence-corrected chi connectivity index (χ1v) is 7.06. The van der Waals surface area contributed by atoms with Gasteiger partial charge in [-0.25, -0.2) is 0 Å². The second-order valence-corrected chi connectivity index (χ2v) is 6.32. The molecule has 1 rings (SSSR count). The van der Waals surface area contributed by atoms with Crippen molar-refractivity contribution in [3.63, 3.8) is 0 Å². The van der Waals surface area contributed by atoms with Gasteiger partial charge in [-0.15, -0.1) is 0 Å². The highest BCUT2D eigenvalue weighted by molar-refractivity contribution is 9.09. The van der Waals surface area contributed by atoms with Gasteiger partial charge in [-0.3, -0.25) is 0 Å². The van der Waals surface area contributed by atoms with Crippen LogP contribution in [0.25, 0.3) is 0 Å². The predicted octanol–water partition coefficient (Wildman–Crippen LogP) is 3.18. The van der Waals surface area contributed by atoms with E-state index >= 15 is 0 Å². The Bertz CT molecular complexity index is 141. The molecule has 0 saturated carbocycles. The molecule has 78 valence electrons. The smallest absolute Gasteiger partial charge is 0.0488 e. The maximum atomic E-state index is 5.58. The van der Waals surface area contributed by atoms with E-state index in [-0.39, 0.29) is 0 Å². The average Bonchev–Trinajstić information content (AvgIpc) is 2.45. The van der Waals surface area contributed by atoms with Crippen molar-refractivity contribution < 1.29 is 4.74 Å². The number of alkyl halides is 1. The highest BCUT2D eigenvalue weighted by Crippen LogP contribution is 2.31. The van der Waals surface area contributed by atoms with Gasteiger partial charge in [0.2, 0.25) is 0 Å². The zero-order valence-corrected chi connectivity index (χ0v) is 10.9. The molecule has 0 radical (unpaired) electrons. The molecule has 0 aromatic rings. The standard InChI is InChI=1S/C10H19BrOS/c1-8(2)5-12-4-3-9-6-13-7-10(9)11/h8-10H,3-7H2,1-2H3. The molecule has 3 heteroatoms. The molecule has 0 aromatic carbocycles. The lowest BCUT2D eigenvalue weighted by atomic mass is 10.1. The van der Waals surface area contributed by atoms with E-state index in [0.717, 1.165) is 24.0 Å². The Hall–Kier alpha value is 0.790. The molecule has 1 saturated heterocycles. The maximum absolute atomic E-state index is 5.58. The molecule has 1 fully saturated rings. The van der Waals surface area contributed by atoms with E-state index in [1.807, 2.05) is 0 Å². The third-order valence-corrected chi connectivity index (χ3v) is 4.96. The summed E-state index contributed by atoms with van der Waals surface area (Å²) in [6, 6.07) is 0. The molecule has 2 unspecified atom stereocenters. The normalized spacial score (nSPS) is 28.6. The number of hydrogen-bond acceptors (Lipinski definition) is 2. The minimum absolute atomic E-state index is 0.665. The number of rotatable bonds is 5. The van der Waals surface area contributed by atoms with Gasteiger partial charge in [-0.2, -0.15) is 11.8 Å². The molecule has 0 amide bonds. The van der Waals surface area contributed by atoms with Gasteiger partial charge >= 0.3 is 0 Å². The zero-order valence-electron chi connectivity index (χ0n) is 8.46. The Morgan fingerprint density at radius 3 is 2.77 bits per heavy atom. The lowest BCUT2D eigenvalue weighted by Gasteiger charge is -2.13. The van der Waals surface area contributed by atoms with E-state index < -0.39 is 0 Å². The summed E-state index contributed by atoms with van der Waals surface area (Å²) in [4.78, 5) is 0.722. The monoisotopic (exact) mass is 266 g/mol. The molecule has 1 aliphatic rings. The van der Waals surface area contributed by atoms with Crippen molar-refractivity contribution in [1.82, 2.24) is 0 Å². The van der Waals surface area contributed by atoms with E-state index in [2.05, 4.69) is 41.5 Å². The summed E-state index contributed by atoms with van der Waals surface area (Å²) in [6.07, 6.45) is 1.22. The van der Waals surface area contributed by atoms with Crippen molar-refractivity contribution in [2.45, 2.75) is 25.1 Å². The first-order chi connectivity index (χ1) is 6.20. The van der Waals surface area contributed by atoms with E-state index in [1.165, 1.54) is 17.9 Å². The summed E-state index contributed by atoms with van der Waals surface area (Å²) in [5.41, 5.74) is 0. The van der Waals surface area contributed by atoms with Gasteiger partial charge < -0.3 is 4.74 Å². The lowest BCUT2D eigenvalue weighted by molar-refractivity contribution is 0.100. The third-order valence-electron chi connectivity index (χ3n) is 2.20. The van der Waals surface area contributed by atoms with Crippen molar-refractivity contribution >= 4 is 27.7 Å². The summed E-state index contributed by atoms with van der Waals surface area (Å²) >= 11 is 5.76. The van der Waals surface area contributed by atoms with Crippen LogP contribution in [0.5, 0.6) is 0 Å². The van der Waals surface area contributed by atoms with Crippen molar-refractivity contribution in [2.24, 2.45) is 11.8 Å².